The van der Waals surface area contributed by atoms with E-state index >= 15 is 0 Å². The molecule has 1 aromatic carbocycles. The molecule has 25 heavy (non-hydrogen) atoms. The van der Waals surface area contributed by atoms with Crippen molar-refractivity contribution in [3.8, 4) is 11.5 Å². The number of carbonyl (C=O) groups is 1. The number of nitro groups is 1. The molecule has 0 radical (unpaired) electrons. The molecule has 1 aliphatic heterocycles. The van der Waals surface area contributed by atoms with Crippen LogP contribution in [0, 0.1) is 24.0 Å². The first-order chi connectivity index (χ1) is 11.9. The maximum absolute atomic E-state index is 12.5. The number of hydrogen-bond acceptors (Lipinski definition) is 6. The standard InChI is InChI=1S/C17H17N3O5/c1-10-17(11(2)19(3)18-10)14(21)5-4-12-8-15-16(25-7-6-24-15)9-13(12)20(22)23/h4-5,8-9H,6-7H2,1-3H3/b5-4+. The first kappa shape index (κ1) is 16.7. The third-order valence-corrected chi connectivity index (χ3v) is 4.06. The lowest BCUT2D eigenvalue weighted by molar-refractivity contribution is -0.385. The monoisotopic (exact) mass is 343 g/mol. The Balaban J connectivity index is 1.97. The first-order valence-corrected chi connectivity index (χ1v) is 7.69. The fourth-order valence-electron chi connectivity index (χ4n) is 2.76. The predicted octanol–water partition coefficient (Wildman–Crippen LogP) is 2.61. The largest absolute Gasteiger partial charge is 0.486 e. The molecule has 8 heteroatoms. The van der Waals surface area contributed by atoms with Gasteiger partial charge < -0.3 is 9.47 Å². The summed E-state index contributed by atoms with van der Waals surface area (Å²) in [4.78, 5) is 23.3. The number of aryl methyl sites for hydroxylation is 2. The van der Waals surface area contributed by atoms with Crippen molar-refractivity contribution >= 4 is 17.5 Å². The number of nitrogens with zero attached hydrogens (tertiary/aromatic N) is 3. The van der Waals surface area contributed by atoms with Gasteiger partial charge in [-0.3, -0.25) is 19.6 Å². The normalized spacial score (nSPS) is 13.2. The summed E-state index contributed by atoms with van der Waals surface area (Å²) in [5.41, 5.74) is 1.99. The van der Waals surface area contributed by atoms with Crippen molar-refractivity contribution in [1.29, 1.82) is 0 Å². The third kappa shape index (κ3) is 3.10. The van der Waals surface area contributed by atoms with E-state index in [0.29, 0.717) is 36.0 Å². The molecule has 3 rings (SSSR count). The topological polar surface area (TPSA) is 96.5 Å². The number of nitro benzene ring substituents is 1. The molecule has 0 unspecified atom stereocenters. The molecule has 0 fully saturated rings. The van der Waals surface area contributed by atoms with Gasteiger partial charge in [0, 0.05) is 12.7 Å². The molecule has 8 nitrogen and oxygen atoms in total. The zero-order chi connectivity index (χ0) is 18.1. The third-order valence-electron chi connectivity index (χ3n) is 4.06. The lowest BCUT2D eigenvalue weighted by atomic mass is 10.1. The van der Waals surface area contributed by atoms with Crippen LogP contribution in [0.5, 0.6) is 11.5 Å². The van der Waals surface area contributed by atoms with Crippen molar-refractivity contribution in [2.45, 2.75) is 13.8 Å². The molecule has 1 aromatic heterocycles. The second kappa shape index (κ2) is 6.39. The van der Waals surface area contributed by atoms with Crippen molar-refractivity contribution in [2.75, 3.05) is 13.2 Å². The van der Waals surface area contributed by atoms with Gasteiger partial charge in [-0.25, -0.2) is 0 Å². The quantitative estimate of drug-likeness (QED) is 0.366. The smallest absolute Gasteiger partial charge is 0.280 e. The number of rotatable bonds is 4. The van der Waals surface area contributed by atoms with Crippen LogP contribution in [0.1, 0.15) is 27.3 Å². The minimum absolute atomic E-state index is 0.145. The summed E-state index contributed by atoms with van der Waals surface area (Å²) in [5, 5.41) is 15.5. The van der Waals surface area contributed by atoms with Gasteiger partial charge in [-0.05, 0) is 32.1 Å². The second-order valence-electron chi connectivity index (χ2n) is 5.68. The van der Waals surface area contributed by atoms with E-state index in [4.69, 9.17) is 9.47 Å². The zero-order valence-corrected chi connectivity index (χ0v) is 14.1. The number of allylic oxidation sites excluding steroid dienone is 1. The molecule has 0 saturated carbocycles. The average molecular weight is 343 g/mol. The van der Waals surface area contributed by atoms with E-state index in [-0.39, 0.29) is 17.0 Å². The van der Waals surface area contributed by atoms with Gasteiger partial charge in [-0.1, -0.05) is 0 Å². The summed E-state index contributed by atoms with van der Waals surface area (Å²) in [6, 6.07) is 2.83. The summed E-state index contributed by atoms with van der Waals surface area (Å²) >= 11 is 0. The van der Waals surface area contributed by atoms with Crippen LogP contribution >= 0.6 is 0 Å². The van der Waals surface area contributed by atoms with Crippen LogP contribution in [0.2, 0.25) is 0 Å². The fourth-order valence-corrected chi connectivity index (χ4v) is 2.76. The molecule has 0 spiro atoms. The number of carbonyl (C=O) groups excluding carboxylic acids is 1. The number of ketones is 1. The molecule has 0 N–H and O–H groups in total. The van der Waals surface area contributed by atoms with Crippen LogP contribution in [0.15, 0.2) is 18.2 Å². The van der Waals surface area contributed by atoms with E-state index in [1.54, 1.807) is 25.6 Å². The van der Waals surface area contributed by atoms with Gasteiger partial charge in [0.1, 0.15) is 13.2 Å². The van der Waals surface area contributed by atoms with Crippen LogP contribution in [-0.2, 0) is 7.05 Å². The Morgan fingerprint density at radius 3 is 2.48 bits per heavy atom. The lowest BCUT2D eigenvalue weighted by Crippen LogP contribution is -2.15. The maximum atomic E-state index is 12.5. The van der Waals surface area contributed by atoms with E-state index in [0.717, 1.165) is 5.69 Å². The Kier molecular flexibility index (Phi) is 4.26. The van der Waals surface area contributed by atoms with Crippen molar-refractivity contribution in [3.63, 3.8) is 0 Å². The molecule has 0 amide bonds. The highest BCUT2D eigenvalue weighted by Gasteiger charge is 2.21. The SMILES string of the molecule is Cc1nn(C)c(C)c1C(=O)/C=C/c1cc2c(cc1[N+](=O)[O-])OCCO2. The summed E-state index contributed by atoms with van der Waals surface area (Å²) in [5.74, 6) is 0.505. The van der Waals surface area contributed by atoms with Crippen LogP contribution in [0.25, 0.3) is 6.08 Å². The van der Waals surface area contributed by atoms with Gasteiger partial charge in [0.25, 0.3) is 5.69 Å². The number of fused-ring (bicyclic) bond motifs is 1. The van der Waals surface area contributed by atoms with E-state index < -0.39 is 4.92 Å². The van der Waals surface area contributed by atoms with Gasteiger partial charge in [0.15, 0.2) is 17.3 Å². The van der Waals surface area contributed by atoms with Gasteiger partial charge in [0.2, 0.25) is 0 Å². The molecule has 0 saturated heterocycles. The summed E-state index contributed by atoms with van der Waals surface area (Å²) in [7, 11) is 1.76. The summed E-state index contributed by atoms with van der Waals surface area (Å²) in [6.45, 7) is 4.27. The fraction of sp³-hybridized carbons (Fsp3) is 0.294. The Morgan fingerprint density at radius 2 is 1.92 bits per heavy atom. The Bertz CT molecular complexity index is 898. The van der Waals surface area contributed by atoms with Crippen LogP contribution in [-0.4, -0.2) is 33.7 Å². The molecule has 2 heterocycles. The molecule has 130 valence electrons. The molecular formula is C17H17N3O5. The van der Waals surface area contributed by atoms with Crippen LogP contribution in [0.3, 0.4) is 0 Å². The Hall–Kier alpha value is -3.16. The van der Waals surface area contributed by atoms with Crippen LogP contribution < -0.4 is 9.47 Å². The van der Waals surface area contributed by atoms with Crippen molar-refractivity contribution in [2.24, 2.45) is 7.05 Å². The molecule has 0 aliphatic carbocycles. The van der Waals surface area contributed by atoms with Gasteiger partial charge in [-0.15, -0.1) is 0 Å². The number of hydrogen-bond donors (Lipinski definition) is 0. The molecule has 0 bridgehead atoms. The summed E-state index contributed by atoms with van der Waals surface area (Å²) in [6.07, 6.45) is 2.74. The highest BCUT2D eigenvalue weighted by Crippen LogP contribution is 2.37. The van der Waals surface area contributed by atoms with Crippen molar-refractivity contribution < 1.29 is 19.2 Å². The van der Waals surface area contributed by atoms with E-state index in [1.165, 1.54) is 24.3 Å². The van der Waals surface area contributed by atoms with Gasteiger partial charge in [-0.2, -0.15) is 5.10 Å². The second-order valence-corrected chi connectivity index (χ2v) is 5.68. The maximum Gasteiger partial charge on any atom is 0.280 e. The lowest BCUT2D eigenvalue weighted by Gasteiger charge is -2.18. The Labute approximate surface area is 143 Å². The average Bonchev–Trinajstić information content (AvgIpc) is 2.84. The molecule has 2 aromatic rings. The minimum atomic E-state index is -0.511. The molecule has 0 atom stereocenters. The minimum Gasteiger partial charge on any atom is -0.486 e. The molecule has 1 aliphatic rings. The molecular weight excluding hydrogens is 326 g/mol. The van der Waals surface area contributed by atoms with E-state index in [9.17, 15) is 14.9 Å². The highest BCUT2D eigenvalue weighted by atomic mass is 16.6. The van der Waals surface area contributed by atoms with Crippen molar-refractivity contribution in [3.05, 3.63) is 50.8 Å². The summed E-state index contributed by atoms with van der Waals surface area (Å²) < 4.78 is 12.4. The zero-order valence-electron chi connectivity index (χ0n) is 14.1. The van der Waals surface area contributed by atoms with Gasteiger partial charge >= 0.3 is 0 Å². The van der Waals surface area contributed by atoms with Crippen LogP contribution in [0.4, 0.5) is 5.69 Å². The van der Waals surface area contributed by atoms with E-state index in [2.05, 4.69) is 5.10 Å². The number of aromatic nitrogens is 2. The Morgan fingerprint density at radius 1 is 1.28 bits per heavy atom. The number of ether oxygens (including phenoxy) is 2. The van der Waals surface area contributed by atoms with Gasteiger partial charge in [0.05, 0.1) is 27.8 Å². The number of benzene rings is 1. The van der Waals surface area contributed by atoms with E-state index in [1.807, 2.05) is 0 Å². The first-order valence-electron chi connectivity index (χ1n) is 7.69. The highest BCUT2D eigenvalue weighted by molar-refractivity contribution is 6.08. The van der Waals surface area contributed by atoms with Crippen molar-refractivity contribution in [1.82, 2.24) is 9.78 Å². The predicted molar refractivity (Wildman–Crippen MR) is 90.1 cm³/mol.